The minimum Gasteiger partial charge on any atom is -0.377 e. The van der Waals surface area contributed by atoms with Crippen molar-refractivity contribution in [3.05, 3.63) is 0 Å². The van der Waals surface area contributed by atoms with Gasteiger partial charge in [-0.05, 0) is 119 Å². The lowest BCUT2D eigenvalue weighted by Gasteiger charge is -2.28. The molecule has 0 aliphatic carbocycles. The van der Waals surface area contributed by atoms with Gasteiger partial charge in [-0.3, -0.25) is 9.80 Å². The van der Waals surface area contributed by atoms with E-state index in [-0.39, 0.29) is 0 Å². The Bertz CT molecular complexity index is 637. The zero-order chi connectivity index (χ0) is 33.6. The summed E-state index contributed by atoms with van der Waals surface area (Å²) in [4.78, 5) is 15.1. The predicted molar refractivity (Wildman–Crippen MR) is 189 cm³/mol. The highest BCUT2D eigenvalue weighted by molar-refractivity contribution is 6.60. The van der Waals surface area contributed by atoms with E-state index in [1.165, 1.54) is 38.8 Å². The fourth-order valence-corrected chi connectivity index (χ4v) is 9.56. The van der Waals surface area contributed by atoms with Gasteiger partial charge in [-0.15, -0.1) is 0 Å². The van der Waals surface area contributed by atoms with E-state index in [4.69, 9.17) is 26.6 Å². The van der Waals surface area contributed by atoms with Crippen LogP contribution in [-0.2, 0) is 26.6 Å². The number of hydrogen-bond donors (Lipinski definition) is 0. The van der Waals surface area contributed by atoms with Crippen molar-refractivity contribution in [2.75, 3.05) is 156 Å². The first-order chi connectivity index (χ1) is 21.6. The van der Waals surface area contributed by atoms with Gasteiger partial charge in [0.05, 0.1) is 6.67 Å². The van der Waals surface area contributed by atoms with Crippen molar-refractivity contribution >= 4 is 17.6 Å². The second-order valence-electron chi connectivity index (χ2n) is 12.9. The topological polar surface area (TPSA) is 74.8 Å². The van der Waals surface area contributed by atoms with E-state index in [9.17, 15) is 0 Å². The van der Waals surface area contributed by atoms with E-state index in [2.05, 4.69) is 57.6 Å². The van der Waals surface area contributed by atoms with Crippen LogP contribution < -0.4 is 0 Å². The summed E-state index contributed by atoms with van der Waals surface area (Å²) >= 11 is 0. The second kappa shape index (κ2) is 25.0. The van der Waals surface area contributed by atoms with E-state index >= 15 is 0 Å². The van der Waals surface area contributed by atoms with Crippen LogP contribution >= 0.6 is 0 Å². The molecule has 0 amide bonds. The van der Waals surface area contributed by atoms with Crippen LogP contribution in [0.15, 0.2) is 0 Å². The highest BCUT2D eigenvalue weighted by atomic mass is 28.4. The van der Waals surface area contributed by atoms with Crippen molar-refractivity contribution in [2.45, 2.75) is 50.6 Å². The Balaban J connectivity index is 2.47. The van der Waals surface area contributed by atoms with Gasteiger partial charge in [0.1, 0.15) is 0 Å². The molecule has 0 N–H and O–H groups in total. The molecule has 1 heterocycles. The lowest BCUT2D eigenvalue weighted by molar-refractivity contribution is 0.120. The summed E-state index contributed by atoms with van der Waals surface area (Å²) < 4.78 is 33.8. The fourth-order valence-electron chi connectivity index (χ4n) is 6.15. The van der Waals surface area contributed by atoms with Crippen LogP contribution in [0.4, 0.5) is 0 Å². The Morgan fingerprint density at radius 3 is 1.07 bits per heavy atom. The molecular formula is C31H72N6O6Si2. The molecular weight excluding hydrogens is 609 g/mol. The van der Waals surface area contributed by atoms with Crippen LogP contribution in [0, 0.1) is 0 Å². The monoisotopic (exact) mass is 681 g/mol. The first-order valence-electron chi connectivity index (χ1n) is 17.1. The molecule has 1 aliphatic heterocycles. The minimum atomic E-state index is -2.51. The summed E-state index contributed by atoms with van der Waals surface area (Å²) in [6, 6.07) is 1.70. The van der Waals surface area contributed by atoms with E-state index in [1.54, 1.807) is 42.7 Å². The summed E-state index contributed by atoms with van der Waals surface area (Å²) in [5.41, 5.74) is 0. The Morgan fingerprint density at radius 1 is 0.444 bits per heavy atom. The summed E-state index contributed by atoms with van der Waals surface area (Å²) in [6.07, 6.45) is 6.83. The van der Waals surface area contributed by atoms with Gasteiger partial charge in [0.25, 0.3) is 0 Å². The van der Waals surface area contributed by atoms with Crippen molar-refractivity contribution in [1.82, 2.24) is 29.4 Å². The molecule has 1 aliphatic rings. The van der Waals surface area contributed by atoms with Gasteiger partial charge in [0.2, 0.25) is 0 Å². The third kappa shape index (κ3) is 18.3. The molecule has 0 spiro atoms. The Hall–Kier alpha value is -0.0462. The molecule has 1 rings (SSSR count). The standard InChI is InChI=1S/C31H72N6O6Si2/c1-32(2)17-11-19-34(25-15-29-44(38-5,39-6)40-7)21-13-23-36-27-28-37(31-36)24-14-22-35(20-12-18-33(3)4)26-16-30-45(41-8,42-9)43-10/h11-31H2,1-10H3. The summed E-state index contributed by atoms with van der Waals surface area (Å²) in [5, 5.41) is 0. The number of hydrogen-bond acceptors (Lipinski definition) is 12. The Morgan fingerprint density at radius 2 is 0.756 bits per heavy atom. The van der Waals surface area contributed by atoms with Crippen molar-refractivity contribution in [3.8, 4) is 0 Å². The summed E-state index contributed by atoms with van der Waals surface area (Å²) in [7, 11) is 13.8. The summed E-state index contributed by atoms with van der Waals surface area (Å²) in [6.45, 7) is 14.6. The minimum absolute atomic E-state index is 0.852. The lowest BCUT2D eigenvalue weighted by atomic mass is 10.3. The number of nitrogens with zero attached hydrogens (tertiary/aromatic N) is 6. The maximum absolute atomic E-state index is 5.64. The lowest BCUT2D eigenvalue weighted by Crippen LogP contribution is -2.43. The smallest absolute Gasteiger partial charge is 0.377 e. The fraction of sp³-hybridized carbons (Fsp3) is 1.00. The van der Waals surface area contributed by atoms with Crippen LogP contribution in [-0.4, -0.2) is 203 Å². The first kappa shape index (κ1) is 43.0. The predicted octanol–water partition coefficient (Wildman–Crippen LogP) is 2.39. The maximum Gasteiger partial charge on any atom is 0.500 e. The molecule has 45 heavy (non-hydrogen) atoms. The van der Waals surface area contributed by atoms with Gasteiger partial charge < -0.3 is 46.2 Å². The maximum atomic E-state index is 5.64. The van der Waals surface area contributed by atoms with Gasteiger partial charge >= 0.3 is 17.6 Å². The molecule has 270 valence electrons. The van der Waals surface area contributed by atoms with E-state index < -0.39 is 17.6 Å². The molecule has 0 saturated carbocycles. The average Bonchev–Trinajstić information content (AvgIpc) is 3.48. The zero-order valence-corrected chi connectivity index (χ0v) is 33.0. The molecule has 14 heteroatoms. The SMILES string of the molecule is CO[Si](CCCN(CCCN(C)C)CCCN1CCN(CCCN(CCCN(C)C)CCC[Si](OC)(OC)OC)C1)(OC)OC. The Labute approximate surface area is 279 Å². The van der Waals surface area contributed by atoms with Gasteiger partial charge in [0, 0.05) is 80.9 Å². The van der Waals surface area contributed by atoms with Gasteiger partial charge in [-0.2, -0.15) is 0 Å². The molecule has 0 aromatic carbocycles. The number of rotatable bonds is 30. The molecule has 1 saturated heterocycles. The highest BCUT2D eigenvalue weighted by Gasteiger charge is 2.38. The highest BCUT2D eigenvalue weighted by Crippen LogP contribution is 2.17. The zero-order valence-electron chi connectivity index (χ0n) is 31.0. The van der Waals surface area contributed by atoms with Crippen LogP contribution in [0.2, 0.25) is 12.1 Å². The van der Waals surface area contributed by atoms with Crippen LogP contribution in [0.5, 0.6) is 0 Å². The first-order valence-corrected chi connectivity index (χ1v) is 21.0. The Kier molecular flexibility index (Phi) is 23.9. The quantitative estimate of drug-likeness (QED) is 0.105. The van der Waals surface area contributed by atoms with E-state index in [1.807, 2.05) is 0 Å². The summed E-state index contributed by atoms with van der Waals surface area (Å²) in [5.74, 6) is 0. The van der Waals surface area contributed by atoms with Gasteiger partial charge in [-0.25, -0.2) is 0 Å². The molecule has 0 unspecified atom stereocenters. The van der Waals surface area contributed by atoms with Crippen molar-refractivity contribution in [3.63, 3.8) is 0 Å². The van der Waals surface area contributed by atoms with Crippen molar-refractivity contribution in [1.29, 1.82) is 0 Å². The van der Waals surface area contributed by atoms with Crippen LogP contribution in [0.3, 0.4) is 0 Å². The molecule has 0 aromatic rings. The van der Waals surface area contributed by atoms with Crippen LogP contribution in [0.25, 0.3) is 0 Å². The third-order valence-corrected chi connectivity index (χ3v) is 14.6. The van der Waals surface area contributed by atoms with E-state index in [0.29, 0.717) is 0 Å². The second-order valence-corrected chi connectivity index (χ2v) is 19.1. The van der Waals surface area contributed by atoms with Crippen LogP contribution in [0.1, 0.15) is 38.5 Å². The van der Waals surface area contributed by atoms with Crippen molar-refractivity contribution < 1.29 is 26.6 Å². The van der Waals surface area contributed by atoms with Gasteiger partial charge in [-0.1, -0.05) is 0 Å². The molecule has 1 fully saturated rings. The molecule has 12 nitrogen and oxygen atoms in total. The molecule has 0 radical (unpaired) electrons. The average molecular weight is 681 g/mol. The normalized spacial score (nSPS) is 15.6. The van der Waals surface area contributed by atoms with E-state index in [0.717, 1.165) is 97.0 Å². The molecule has 0 bridgehead atoms. The van der Waals surface area contributed by atoms with Crippen molar-refractivity contribution in [2.24, 2.45) is 0 Å². The largest absolute Gasteiger partial charge is 0.500 e. The third-order valence-electron chi connectivity index (χ3n) is 8.97. The van der Waals surface area contributed by atoms with Gasteiger partial charge in [0.15, 0.2) is 0 Å². The molecule has 0 aromatic heterocycles. The molecule has 0 atom stereocenters.